The highest BCUT2D eigenvalue weighted by molar-refractivity contribution is 7.52. The van der Waals surface area contributed by atoms with Crippen molar-refractivity contribution in [1.29, 1.82) is 0 Å². The first-order chi connectivity index (χ1) is 17.2. The molecular formula is C22H29FN4O8P+. The highest BCUT2D eigenvalue weighted by Gasteiger charge is 2.38. The van der Waals surface area contributed by atoms with Crippen LogP contribution in [-0.4, -0.2) is 42.6 Å². The summed E-state index contributed by atoms with van der Waals surface area (Å²) in [7, 11) is -4.13. The van der Waals surface area contributed by atoms with Crippen LogP contribution in [0.4, 0.5) is 10.2 Å². The minimum Gasteiger partial charge on any atom is -0.461 e. The number of ether oxygens (including phenoxy) is 3. The molecule has 4 rings (SSSR count). The summed E-state index contributed by atoms with van der Waals surface area (Å²) in [5, 5.41) is 2.61. The Hall–Kier alpha value is -2.83. The third kappa shape index (κ3) is 6.68. The number of halogens is 1. The number of hydrogen-bond donors (Lipinski definition) is 3. The number of H-pyrrole nitrogens is 1. The van der Waals surface area contributed by atoms with Crippen LogP contribution in [0.1, 0.15) is 38.8 Å². The Morgan fingerprint density at radius 1 is 1.33 bits per heavy atom. The molecule has 0 spiro atoms. The number of rotatable bonds is 10. The number of hydrogen-bond acceptors (Lipinski definition) is 9. The highest BCUT2D eigenvalue weighted by Crippen LogP contribution is 2.45. The van der Waals surface area contributed by atoms with Gasteiger partial charge in [-0.3, -0.25) is 9.32 Å². The molecule has 1 aromatic heterocycles. The molecule has 1 aliphatic heterocycles. The normalized spacial score (nSPS) is 22.7. The van der Waals surface area contributed by atoms with E-state index in [1.165, 1.54) is 6.92 Å². The number of benzene rings is 1. The van der Waals surface area contributed by atoms with E-state index in [4.69, 9.17) is 29.0 Å². The number of nitrogens with one attached hydrogen (secondary N) is 2. The Bertz CT molecular complexity index is 1160. The monoisotopic (exact) mass is 527 g/mol. The van der Waals surface area contributed by atoms with Gasteiger partial charge in [-0.25, -0.2) is 4.57 Å². The molecule has 2 aliphatic rings. The maximum Gasteiger partial charge on any atom is 0.499 e. The molecule has 2 aromatic rings. The fourth-order valence-electron chi connectivity index (χ4n) is 3.81. The van der Waals surface area contributed by atoms with Gasteiger partial charge >= 0.3 is 19.4 Å². The number of esters is 1. The molecule has 14 heteroatoms. The second-order valence-electron chi connectivity index (χ2n) is 8.47. The number of carbonyl (C=O) groups is 1. The van der Waals surface area contributed by atoms with Crippen molar-refractivity contribution < 1.29 is 41.6 Å². The Balaban J connectivity index is 1.40. The molecule has 4 atom stereocenters. The number of carbonyl (C=O) groups excluding carboxylic acids is 1. The van der Waals surface area contributed by atoms with Gasteiger partial charge in [0.25, 0.3) is 0 Å². The van der Waals surface area contributed by atoms with Gasteiger partial charge in [0.15, 0.2) is 6.29 Å². The minimum atomic E-state index is -4.13. The average Bonchev–Trinajstić information content (AvgIpc) is 3.53. The summed E-state index contributed by atoms with van der Waals surface area (Å²) in [5.74, 6) is -1.56. The zero-order valence-corrected chi connectivity index (χ0v) is 20.5. The smallest absolute Gasteiger partial charge is 0.461 e. The van der Waals surface area contributed by atoms with Crippen LogP contribution in [0.3, 0.4) is 0 Å². The molecule has 0 amide bonds. The number of aromatic nitrogens is 2. The summed E-state index contributed by atoms with van der Waals surface area (Å²) in [5.41, 5.74) is 4.66. The minimum absolute atomic E-state index is 0.105. The van der Waals surface area contributed by atoms with Crippen molar-refractivity contribution in [3.8, 4) is 5.75 Å². The van der Waals surface area contributed by atoms with Crippen molar-refractivity contribution in [2.24, 2.45) is 0 Å². The van der Waals surface area contributed by atoms with Gasteiger partial charge in [-0.15, -0.1) is 0 Å². The predicted molar refractivity (Wildman–Crippen MR) is 123 cm³/mol. The molecule has 1 aromatic carbocycles. The second kappa shape index (κ2) is 11.5. The molecule has 2 fully saturated rings. The average molecular weight is 527 g/mol. The third-order valence-electron chi connectivity index (χ3n) is 5.67. The van der Waals surface area contributed by atoms with Crippen molar-refractivity contribution in [1.82, 2.24) is 10.1 Å². The summed E-state index contributed by atoms with van der Waals surface area (Å²) >= 11 is 0. The largest absolute Gasteiger partial charge is 0.499 e. The van der Waals surface area contributed by atoms with Crippen molar-refractivity contribution in [3.05, 3.63) is 52.8 Å². The molecule has 0 bridgehead atoms. The van der Waals surface area contributed by atoms with Gasteiger partial charge in [-0.2, -0.15) is 23.8 Å². The summed E-state index contributed by atoms with van der Waals surface area (Å²) in [6.07, 6.45) is 2.29. The SMILES string of the molecule is C[C@H](N[P@](=O)(OC[C@H]1OC[C@@H]([n+]2cc(F)c(N)[nH]c2=O)O1)Oc1ccccc1)C(=O)OC1CCCC1. The topological polar surface area (TPSA) is 155 Å². The maximum absolute atomic E-state index is 13.8. The van der Waals surface area contributed by atoms with E-state index in [-0.39, 0.29) is 25.1 Å². The van der Waals surface area contributed by atoms with Crippen molar-refractivity contribution >= 4 is 19.5 Å². The third-order valence-corrected chi connectivity index (χ3v) is 7.31. The fraction of sp³-hybridized carbons (Fsp3) is 0.500. The van der Waals surface area contributed by atoms with Crippen LogP contribution in [0, 0.1) is 5.82 Å². The van der Waals surface area contributed by atoms with E-state index < -0.39 is 49.6 Å². The van der Waals surface area contributed by atoms with E-state index in [2.05, 4.69) is 10.1 Å². The van der Waals surface area contributed by atoms with Crippen LogP contribution in [0.5, 0.6) is 5.75 Å². The van der Waals surface area contributed by atoms with Gasteiger partial charge in [0, 0.05) is 0 Å². The number of anilines is 1. The van der Waals surface area contributed by atoms with Gasteiger partial charge in [0.2, 0.25) is 17.9 Å². The molecule has 12 nitrogen and oxygen atoms in total. The number of nitrogens with two attached hydrogens (primary N) is 1. The standard InChI is InChI=1S/C22H28FN4O8P/c1-14(21(28)33-15-7-5-6-8-15)26-36(30,35-16-9-3-2-4-10-16)32-13-19-31-12-18(34-19)27-11-17(23)20(24)25-22(27)29/h2-4,9-11,14-15,18-19H,5-8,12-13H2,1H3,(H3,24,25,26,29,30)/p+1/t14-,18-,19-,36-/m0/s1. The lowest BCUT2D eigenvalue weighted by Crippen LogP contribution is -2.56. The molecular weight excluding hydrogens is 498 g/mol. The molecule has 1 saturated carbocycles. The lowest BCUT2D eigenvalue weighted by Gasteiger charge is -2.24. The summed E-state index contributed by atoms with van der Waals surface area (Å²) in [6, 6.07) is 7.29. The first-order valence-electron chi connectivity index (χ1n) is 11.6. The predicted octanol–water partition coefficient (Wildman–Crippen LogP) is 1.92. The van der Waals surface area contributed by atoms with Gasteiger partial charge in [-0.05, 0) is 44.7 Å². The van der Waals surface area contributed by atoms with Crippen LogP contribution < -0.4 is 25.6 Å². The number of nitrogen functional groups attached to an aromatic ring is 1. The van der Waals surface area contributed by atoms with Gasteiger partial charge in [0.1, 0.15) is 37.3 Å². The second-order valence-corrected chi connectivity index (χ2v) is 10.2. The summed E-state index contributed by atoms with van der Waals surface area (Å²) in [6.45, 7) is 1.01. The zero-order chi connectivity index (χ0) is 25.7. The Kier molecular flexibility index (Phi) is 8.37. The summed E-state index contributed by atoms with van der Waals surface area (Å²) in [4.78, 5) is 26.8. The van der Waals surface area contributed by atoms with E-state index >= 15 is 0 Å². The van der Waals surface area contributed by atoms with Gasteiger partial charge in [-0.1, -0.05) is 18.2 Å². The molecule has 36 heavy (non-hydrogen) atoms. The van der Waals surface area contributed by atoms with Crippen molar-refractivity contribution in [2.75, 3.05) is 18.9 Å². The lowest BCUT2D eigenvalue weighted by molar-refractivity contribution is -0.772. The number of aromatic amines is 1. The molecule has 1 saturated heterocycles. The molecule has 0 radical (unpaired) electrons. The van der Waals surface area contributed by atoms with Crippen LogP contribution in [0.15, 0.2) is 41.3 Å². The molecule has 0 unspecified atom stereocenters. The Morgan fingerprint density at radius 2 is 2.06 bits per heavy atom. The van der Waals surface area contributed by atoms with Crippen LogP contribution in [0.2, 0.25) is 0 Å². The number of para-hydroxylation sites is 1. The maximum atomic E-state index is 13.8. The molecule has 1 aliphatic carbocycles. The Labute approximate surface area is 206 Å². The van der Waals surface area contributed by atoms with E-state index in [0.29, 0.717) is 0 Å². The lowest BCUT2D eigenvalue weighted by atomic mass is 10.3. The van der Waals surface area contributed by atoms with E-state index in [9.17, 15) is 18.5 Å². The first-order valence-corrected chi connectivity index (χ1v) is 13.1. The van der Waals surface area contributed by atoms with Crippen LogP contribution in [0.25, 0.3) is 0 Å². The fourth-order valence-corrected chi connectivity index (χ4v) is 5.29. The van der Waals surface area contributed by atoms with Crippen molar-refractivity contribution in [3.63, 3.8) is 0 Å². The Morgan fingerprint density at radius 3 is 2.78 bits per heavy atom. The van der Waals surface area contributed by atoms with Crippen molar-refractivity contribution in [2.45, 2.75) is 57.3 Å². The molecule has 2 heterocycles. The molecule has 196 valence electrons. The zero-order valence-electron chi connectivity index (χ0n) is 19.6. The van der Waals surface area contributed by atoms with E-state index in [1.54, 1.807) is 30.3 Å². The van der Waals surface area contributed by atoms with Gasteiger partial charge in [0.05, 0.1) is 0 Å². The molecule has 4 N–H and O–H groups in total. The quantitative estimate of drug-likeness (QED) is 0.237. The van der Waals surface area contributed by atoms with E-state index in [1.807, 2.05) is 0 Å². The first kappa shape index (κ1) is 26.2. The van der Waals surface area contributed by atoms with Crippen LogP contribution >= 0.6 is 7.75 Å². The summed E-state index contributed by atoms with van der Waals surface area (Å²) < 4.78 is 56.0. The van der Waals surface area contributed by atoms with Crippen LogP contribution in [-0.2, 0) is 28.1 Å². The van der Waals surface area contributed by atoms with E-state index in [0.717, 1.165) is 36.4 Å². The number of nitrogens with zero attached hydrogens (tertiary/aromatic N) is 1. The highest BCUT2D eigenvalue weighted by atomic mass is 31.2. The van der Waals surface area contributed by atoms with Gasteiger partial charge < -0.3 is 24.5 Å².